The summed E-state index contributed by atoms with van der Waals surface area (Å²) in [5.41, 5.74) is 3.10. The molecule has 0 amide bonds. The first-order valence-corrected chi connectivity index (χ1v) is 13.2. The third-order valence-electron chi connectivity index (χ3n) is 5.96. The van der Waals surface area contributed by atoms with E-state index in [1.54, 1.807) is 57.1 Å². The fourth-order valence-electron chi connectivity index (χ4n) is 3.91. The molecule has 0 aliphatic rings. The van der Waals surface area contributed by atoms with Crippen LogP contribution in [0.15, 0.2) is 73.4 Å². The second-order valence-corrected chi connectivity index (χ2v) is 10.6. The van der Waals surface area contributed by atoms with Gasteiger partial charge in [0.25, 0.3) is 0 Å². The van der Waals surface area contributed by atoms with E-state index in [9.17, 15) is 8.42 Å². The molecule has 5 rings (SSSR count). The first kappa shape index (κ1) is 26.0. The first-order chi connectivity index (χ1) is 18.8. The molecular weight excluding hydrogens is 520 g/mol. The molecule has 0 saturated carbocycles. The molecule has 39 heavy (non-hydrogen) atoms. The number of methoxy groups -OCH3 is 2. The predicted molar refractivity (Wildman–Crippen MR) is 146 cm³/mol. The summed E-state index contributed by atoms with van der Waals surface area (Å²) < 4.78 is 39.2. The molecule has 4 heterocycles. The maximum Gasteiger partial charge on any atom is 0.308 e. The quantitative estimate of drug-likeness (QED) is 0.272. The molecule has 200 valence electrons. The van der Waals surface area contributed by atoms with E-state index in [0.29, 0.717) is 39.9 Å². The van der Waals surface area contributed by atoms with Crippen LogP contribution < -0.4 is 14.4 Å². The molecule has 0 unspecified atom stereocenters. The van der Waals surface area contributed by atoms with Crippen molar-refractivity contribution in [1.82, 2.24) is 33.2 Å². The standard InChI is InChI=1S/C26H26N8O4S/c1-32(2)39(35,36)34-11-10-28-25(34)17-33(19-12-20(37-3)14-21(13-19)38-4)24-8-7-22-26(31-24)30-23(16-29-22)18-6-5-9-27-15-18/h5-16H,17H2,1-4H3. The average Bonchev–Trinajstić information content (AvgIpc) is 3.44. The lowest BCUT2D eigenvalue weighted by Gasteiger charge is -2.25. The SMILES string of the molecule is COc1cc(OC)cc(N(Cc2nccn2S(=O)(=O)N(C)C)c2ccc3ncc(-c4cccnc4)nc3n2)c1. The van der Waals surface area contributed by atoms with Gasteiger partial charge in [0, 0.05) is 62.6 Å². The Balaban J connectivity index is 1.65. The van der Waals surface area contributed by atoms with Gasteiger partial charge in [0.2, 0.25) is 0 Å². The molecule has 0 fully saturated rings. The number of nitrogens with zero attached hydrogens (tertiary/aromatic N) is 8. The molecule has 0 aliphatic heterocycles. The minimum Gasteiger partial charge on any atom is -0.497 e. The maximum atomic E-state index is 13.0. The Morgan fingerprint density at radius 3 is 2.36 bits per heavy atom. The Bertz CT molecular complexity index is 1700. The molecule has 0 spiro atoms. The van der Waals surface area contributed by atoms with Crippen molar-refractivity contribution in [3.63, 3.8) is 0 Å². The van der Waals surface area contributed by atoms with Crippen molar-refractivity contribution in [3.05, 3.63) is 79.3 Å². The Labute approximate surface area is 225 Å². The van der Waals surface area contributed by atoms with E-state index < -0.39 is 10.2 Å². The summed E-state index contributed by atoms with van der Waals surface area (Å²) in [6, 6.07) is 12.7. The van der Waals surface area contributed by atoms with Crippen LogP contribution in [0.2, 0.25) is 0 Å². The molecule has 0 aliphatic carbocycles. The minimum absolute atomic E-state index is 0.0601. The lowest BCUT2D eigenvalue weighted by Crippen LogP contribution is -2.31. The number of fused-ring (bicyclic) bond motifs is 1. The molecule has 0 saturated heterocycles. The molecule has 5 aromatic rings. The molecule has 0 radical (unpaired) electrons. The van der Waals surface area contributed by atoms with Crippen LogP contribution in [-0.2, 0) is 16.8 Å². The number of ether oxygens (including phenoxy) is 2. The Morgan fingerprint density at radius 2 is 1.69 bits per heavy atom. The van der Waals surface area contributed by atoms with Gasteiger partial charge in [-0.15, -0.1) is 0 Å². The van der Waals surface area contributed by atoms with Gasteiger partial charge >= 0.3 is 10.2 Å². The Morgan fingerprint density at radius 1 is 0.923 bits per heavy atom. The molecule has 0 bridgehead atoms. The Kier molecular flexibility index (Phi) is 7.09. The highest BCUT2D eigenvalue weighted by Crippen LogP contribution is 2.34. The largest absolute Gasteiger partial charge is 0.497 e. The maximum absolute atomic E-state index is 13.0. The van der Waals surface area contributed by atoms with Crippen molar-refractivity contribution >= 4 is 32.9 Å². The van der Waals surface area contributed by atoms with E-state index in [-0.39, 0.29) is 12.4 Å². The normalized spacial score (nSPS) is 11.6. The summed E-state index contributed by atoms with van der Waals surface area (Å²) in [5.74, 6) is 1.88. The van der Waals surface area contributed by atoms with Crippen LogP contribution in [0.1, 0.15) is 5.82 Å². The third kappa shape index (κ3) is 5.22. The van der Waals surface area contributed by atoms with Gasteiger partial charge in [-0.3, -0.25) is 9.97 Å². The second-order valence-electron chi connectivity index (χ2n) is 8.60. The highest BCUT2D eigenvalue weighted by molar-refractivity contribution is 7.87. The number of aromatic nitrogens is 6. The summed E-state index contributed by atoms with van der Waals surface area (Å²) >= 11 is 0. The van der Waals surface area contributed by atoms with Gasteiger partial charge in [0.05, 0.1) is 38.3 Å². The fraction of sp³-hybridized carbons (Fsp3) is 0.192. The summed E-state index contributed by atoms with van der Waals surface area (Å²) in [4.78, 5) is 24.4. The van der Waals surface area contributed by atoms with Crippen LogP contribution in [0.25, 0.3) is 22.4 Å². The van der Waals surface area contributed by atoms with Gasteiger partial charge in [-0.1, -0.05) is 0 Å². The molecular formula is C26H26N8O4S. The molecule has 4 aromatic heterocycles. The van der Waals surface area contributed by atoms with Crippen molar-refractivity contribution in [2.45, 2.75) is 6.54 Å². The van der Waals surface area contributed by atoms with E-state index in [4.69, 9.17) is 19.4 Å². The smallest absolute Gasteiger partial charge is 0.308 e. The number of imidazole rings is 1. The van der Waals surface area contributed by atoms with Gasteiger partial charge in [-0.2, -0.15) is 12.7 Å². The van der Waals surface area contributed by atoms with Gasteiger partial charge in [0.1, 0.15) is 28.7 Å². The number of benzene rings is 1. The van der Waals surface area contributed by atoms with Crippen LogP contribution in [0.3, 0.4) is 0 Å². The van der Waals surface area contributed by atoms with Crippen molar-refractivity contribution in [3.8, 4) is 22.8 Å². The second kappa shape index (κ2) is 10.6. The van der Waals surface area contributed by atoms with E-state index in [1.807, 2.05) is 23.1 Å². The lowest BCUT2D eigenvalue weighted by molar-refractivity contribution is 0.394. The summed E-state index contributed by atoms with van der Waals surface area (Å²) in [5, 5.41) is 0. The van der Waals surface area contributed by atoms with Crippen molar-refractivity contribution in [2.24, 2.45) is 0 Å². The van der Waals surface area contributed by atoms with Gasteiger partial charge in [0.15, 0.2) is 5.65 Å². The first-order valence-electron chi connectivity index (χ1n) is 11.8. The van der Waals surface area contributed by atoms with E-state index in [1.165, 1.54) is 26.5 Å². The van der Waals surface area contributed by atoms with Crippen LogP contribution in [0.5, 0.6) is 11.5 Å². The van der Waals surface area contributed by atoms with Crippen LogP contribution >= 0.6 is 0 Å². The van der Waals surface area contributed by atoms with Crippen LogP contribution in [-0.4, -0.2) is 69.9 Å². The zero-order chi connectivity index (χ0) is 27.6. The van der Waals surface area contributed by atoms with E-state index in [0.717, 1.165) is 13.8 Å². The Hall–Kier alpha value is -4.62. The van der Waals surface area contributed by atoms with E-state index in [2.05, 4.69) is 15.0 Å². The van der Waals surface area contributed by atoms with Crippen molar-refractivity contribution in [1.29, 1.82) is 0 Å². The molecule has 0 N–H and O–H groups in total. The van der Waals surface area contributed by atoms with Crippen LogP contribution in [0.4, 0.5) is 11.5 Å². The number of pyridine rings is 2. The van der Waals surface area contributed by atoms with E-state index >= 15 is 0 Å². The zero-order valence-corrected chi connectivity index (χ0v) is 22.6. The van der Waals surface area contributed by atoms with Crippen molar-refractivity contribution in [2.75, 3.05) is 33.2 Å². The monoisotopic (exact) mass is 546 g/mol. The van der Waals surface area contributed by atoms with Gasteiger partial charge < -0.3 is 14.4 Å². The topological polar surface area (TPSA) is 128 Å². The number of hydrogen-bond acceptors (Lipinski definition) is 10. The summed E-state index contributed by atoms with van der Waals surface area (Å²) in [7, 11) is 2.24. The van der Waals surface area contributed by atoms with Crippen LogP contribution in [0, 0.1) is 0 Å². The van der Waals surface area contributed by atoms with Gasteiger partial charge in [-0.25, -0.2) is 18.9 Å². The summed E-state index contributed by atoms with van der Waals surface area (Å²) in [6.07, 6.45) is 7.93. The molecule has 12 nitrogen and oxygen atoms in total. The molecule has 0 atom stereocenters. The van der Waals surface area contributed by atoms with Gasteiger partial charge in [-0.05, 0) is 24.3 Å². The molecule has 1 aromatic carbocycles. The zero-order valence-electron chi connectivity index (χ0n) is 21.8. The number of hydrogen-bond donors (Lipinski definition) is 0. The highest BCUT2D eigenvalue weighted by atomic mass is 32.2. The minimum atomic E-state index is -3.81. The third-order valence-corrected chi connectivity index (χ3v) is 7.72. The summed E-state index contributed by atoms with van der Waals surface area (Å²) in [6.45, 7) is 0.0601. The average molecular weight is 547 g/mol. The highest BCUT2D eigenvalue weighted by Gasteiger charge is 2.24. The molecule has 13 heteroatoms. The van der Waals surface area contributed by atoms with Crippen molar-refractivity contribution < 1.29 is 17.9 Å². The number of anilines is 2. The predicted octanol–water partition coefficient (Wildman–Crippen LogP) is 3.29. The lowest BCUT2D eigenvalue weighted by atomic mass is 10.2. The fourth-order valence-corrected chi connectivity index (χ4v) is 4.84. The number of rotatable bonds is 9.